The third-order valence-corrected chi connectivity index (χ3v) is 11.1. The molecule has 2 unspecified atom stereocenters. The molecule has 48 heavy (non-hydrogen) atoms. The van der Waals surface area contributed by atoms with Crippen molar-refractivity contribution in [3.8, 4) is 0 Å². The minimum atomic E-state index is -0.347. The van der Waals surface area contributed by atoms with Crippen LogP contribution in [0.2, 0.25) is 0 Å². The van der Waals surface area contributed by atoms with Crippen LogP contribution in [0.4, 0.5) is 0 Å². The van der Waals surface area contributed by atoms with Gasteiger partial charge in [-0.2, -0.15) is 0 Å². The highest BCUT2D eigenvalue weighted by Crippen LogP contribution is 2.62. The predicted octanol–water partition coefficient (Wildman–Crippen LogP) is 9.29. The molecule has 5 aromatic carbocycles. The van der Waals surface area contributed by atoms with Gasteiger partial charge < -0.3 is 10.2 Å². The lowest BCUT2D eigenvalue weighted by Crippen LogP contribution is -2.54. The number of aliphatic imine (C=N–C) groups is 1. The maximum absolute atomic E-state index is 5.69. The third-order valence-electron chi connectivity index (χ3n) is 11.1. The number of amidine groups is 1. The fourth-order valence-electron chi connectivity index (χ4n) is 8.85. The SMILES string of the molecule is CN1C(c2ccccc2)NC(c2ccccc2)=NC1N1C2=C(c3ccccc3C3=C1c1ccccc1C3(C)C)C(C)(C)c1ccccc12. The van der Waals surface area contributed by atoms with Gasteiger partial charge in [0.25, 0.3) is 0 Å². The number of benzene rings is 5. The van der Waals surface area contributed by atoms with Crippen LogP contribution < -0.4 is 5.32 Å². The quantitative estimate of drug-likeness (QED) is 0.217. The van der Waals surface area contributed by atoms with Gasteiger partial charge in [-0.1, -0.05) is 161 Å². The highest BCUT2D eigenvalue weighted by atomic mass is 15.5. The lowest BCUT2D eigenvalue weighted by atomic mass is 9.73. The molecule has 0 fully saturated rings. The van der Waals surface area contributed by atoms with Crippen molar-refractivity contribution >= 4 is 28.4 Å². The Labute approximate surface area is 283 Å². The van der Waals surface area contributed by atoms with Crippen molar-refractivity contribution < 1.29 is 0 Å². The predicted molar refractivity (Wildman–Crippen MR) is 198 cm³/mol. The Kier molecular flexibility index (Phi) is 6.28. The Hall–Kier alpha value is -5.19. The van der Waals surface area contributed by atoms with E-state index in [9.17, 15) is 0 Å². The molecule has 2 aliphatic heterocycles. The van der Waals surface area contributed by atoms with Gasteiger partial charge in [0.2, 0.25) is 0 Å². The molecule has 2 aliphatic carbocycles. The van der Waals surface area contributed by atoms with E-state index in [4.69, 9.17) is 4.99 Å². The number of nitrogens with zero attached hydrogens (tertiary/aromatic N) is 3. The molecule has 4 aliphatic rings. The van der Waals surface area contributed by atoms with Crippen molar-refractivity contribution in [2.24, 2.45) is 4.99 Å². The van der Waals surface area contributed by atoms with Crippen LogP contribution >= 0.6 is 0 Å². The van der Waals surface area contributed by atoms with E-state index in [2.05, 4.69) is 183 Å². The van der Waals surface area contributed by atoms with Gasteiger partial charge in [0.1, 0.15) is 12.0 Å². The molecule has 5 aromatic rings. The van der Waals surface area contributed by atoms with Gasteiger partial charge in [-0.3, -0.25) is 0 Å². The van der Waals surface area contributed by atoms with E-state index in [1.54, 1.807) is 0 Å². The maximum Gasteiger partial charge on any atom is 0.187 e. The van der Waals surface area contributed by atoms with Gasteiger partial charge in [0.05, 0.1) is 11.4 Å². The summed E-state index contributed by atoms with van der Waals surface area (Å²) in [6.07, 6.45) is -0.447. The van der Waals surface area contributed by atoms with Crippen LogP contribution in [0.15, 0.2) is 138 Å². The second-order valence-corrected chi connectivity index (χ2v) is 14.5. The molecule has 0 aromatic heterocycles. The van der Waals surface area contributed by atoms with Crippen molar-refractivity contribution in [3.05, 3.63) is 178 Å². The minimum Gasteiger partial charge on any atom is -0.350 e. The number of hydrogen-bond donors (Lipinski definition) is 1. The number of rotatable bonds is 3. The molecule has 236 valence electrons. The summed E-state index contributed by atoms with van der Waals surface area (Å²) in [5.74, 6) is 0.898. The molecule has 9 rings (SSSR count). The number of hydrogen-bond acceptors (Lipinski definition) is 4. The average molecular weight is 625 g/mol. The molecule has 4 heteroatoms. The van der Waals surface area contributed by atoms with Crippen LogP contribution in [0.1, 0.15) is 78.4 Å². The molecule has 0 amide bonds. The van der Waals surface area contributed by atoms with Crippen molar-refractivity contribution in [2.45, 2.75) is 51.0 Å². The third kappa shape index (κ3) is 3.96. The summed E-state index contributed by atoms with van der Waals surface area (Å²) in [5.41, 5.74) is 15.0. The summed E-state index contributed by atoms with van der Waals surface area (Å²) in [7, 11) is 2.22. The smallest absolute Gasteiger partial charge is 0.187 e. The van der Waals surface area contributed by atoms with E-state index < -0.39 is 0 Å². The molecule has 4 nitrogen and oxygen atoms in total. The highest BCUT2D eigenvalue weighted by Gasteiger charge is 2.52. The number of allylic oxidation sites excluding steroid dienone is 2. The summed E-state index contributed by atoms with van der Waals surface area (Å²) in [6, 6.07) is 48.5. The van der Waals surface area contributed by atoms with Gasteiger partial charge in [-0.25, -0.2) is 9.89 Å². The van der Waals surface area contributed by atoms with E-state index in [0.717, 1.165) is 11.4 Å². The second-order valence-electron chi connectivity index (χ2n) is 14.5. The summed E-state index contributed by atoms with van der Waals surface area (Å²) in [5, 5.41) is 3.84. The first-order chi connectivity index (χ1) is 23.3. The minimum absolute atomic E-state index is 0.100. The van der Waals surface area contributed by atoms with Gasteiger partial charge in [-0.05, 0) is 46.0 Å². The maximum atomic E-state index is 5.69. The fraction of sp³-hybridized carbons (Fsp3) is 0.205. The van der Waals surface area contributed by atoms with Crippen LogP contribution in [0.5, 0.6) is 0 Å². The molecule has 2 atom stereocenters. The summed E-state index contributed by atoms with van der Waals surface area (Å²) in [4.78, 5) is 10.7. The first kappa shape index (κ1) is 29.0. The highest BCUT2D eigenvalue weighted by molar-refractivity contribution is 6.13. The van der Waals surface area contributed by atoms with Crippen molar-refractivity contribution in [1.29, 1.82) is 0 Å². The van der Waals surface area contributed by atoms with E-state index >= 15 is 0 Å². The Morgan fingerprint density at radius 3 is 1.50 bits per heavy atom. The van der Waals surface area contributed by atoms with Crippen molar-refractivity contribution in [1.82, 2.24) is 15.1 Å². The molecule has 0 radical (unpaired) electrons. The molecule has 0 saturated heterocycles. The molecule has 0 saturated carbocycles. The van der Waals surface area contributed by atoms with Crippen LogP contribution in [0.25, 0.3) is 22.5 Å². The molecular weight excluding hydrogens is 585 g/mol. The van der Waals surface area contributed by atoms with Gasteiger partial charge in [0.15, 0.2) is 6.29 Å². The zero-order chi connectivity index (χ0) is 32.8. The van der Waals surface area contributed by atoms with Gasteiger partial charge >= 0.3 is 0 Å². The van der Waals surface area contributed by atoms with Gasteiger partial charge in [-0.15, -0.1) is 0 Å². The van der Waals surface area contributed by atoms with Crippen molar-refractivity contribution in [2.75, 3.05) is 7.05 Å². The van der Waals surface area contributed by atoms with E-state index in [0.29, 0.717) is 0 Å². The second kappa shape index (κ2) is 10.4. The first-order valence-corrected chi connectivity index (χ1v) is 17.0. The van der Waals surface area contributed by atoms with Gasteiger partial charge in [0, 0.05) is 27.5 Å². The normalized spacial score (nSPS) is 21.8. The summed E-state index contributed by atoms with van der Waals surface area (Å²) < 4.78 is 0. The first-order valence-electron chi connectivity index (χ1n) is 17.0. The van der Waals surface area contributed by atoms with Crippen molar-refractivity contribution in [3.63, 3.8) is 0 Å². The number of fused-ring (bicyclic) bond motifs is 7. The summed E-state index contributed by atoms with van der Waals surface area (Å²) in [6.45, 7) is 9.60. The molecular formula is C44H40N4. The Morgan fingerprint density at radius 2 is 0.979 bits per heavy atom. The van der Waals surface area contributed by atoms with Crippen LogP contribution in [-0.2, 0) is 10.8 Å². The lowest BCUT2D eigenvalue weighted by Gasteiger charge is -2.46. The fourth-order valence-corrected chi connectivity index (χ4v) is 8.85. The van der Waals surface area contributed by atoms with E-state index in [-0.39, 0.29) is 23.3 Å². The monoisotopic (exact) mass is 624 g/mol. The van der Waals surface area contributed by atoms with Crippen LogP contribution in [0.3, 0.4) is 0 Å². The van der Waals surface area contributed by atoms with Crippen LogP contribution in [-0.4, -0.2) is 29.0 Å². The molecule has 0 bridgehead atoms. The summed E-state index contributed by atoms with van der Waals surface area (Å²) >= 11 is 0. The molecule has 0 spiro atoms. The largest absolute Gasteiger partial charge is 0.350 e. The average Bonchev–Trinajstić information content (AvgIpc) is 3.42. The Bertz CT molecular complexity index is 2090. The van der Waals surface area contributed by atoms with E-state index in [1.807, 2.05) is 0 Å². The Balaban J connectivity index is 1.41. The standard InChI is InChI=1S/C44H40N4/c1-43(2)34-26-16-14-24-32(34)38-36(43)30-22-12-13-23-31(30)37-39(33-25-15-17-27-35(33)44(37,3)4)48(38)42-46-40(28-18-8-6-9-19-28)45-41(47(42)5)29-20-10-7-11-21-29/h6-27,41-42H,1-5H3,(H,45,46). The topological polar surface area (TPSA) is 30.9 Å². The zero-order valence-corrected chi connectivity index (χ0v) is 28.2. The number of nitrogens with one attached hydrogen (secondary N) is 1. The Morgan fingerprint density at radius 1 is 0.542 bits per heavy atom. The van der Waals surface area contributed by atoms with Crippen LogP contribution in [0, 0.1) is 0 Å². The molecule has 2 heterocycles. The lowest BCUT2D eigenvalue weighted by molar-refractivity contribution is 0.0874. The zero-order valence-electron chi connectivity index (χ0n) is 28.2. The van der Waals surface area contributed by atoms with E-state index in [1.165, 1.54) is 61.5 Å². The molecule has 1 N–H and O–H groups in total.